The first-order valence-electron chi connectivity index (χ1n) is 24.2. The third-order valence-corrected chi connectivity index (χ3v) is 10.3. The van der Waals surface area contributed by atoms with Gasteiger partial charge in [0.05, 0.1) is 6.61 Å². The monoisotopic (exact) mass is 785 g/mol. The van der Waals surface area contributed by atoms with Crippen LogP contribution in [0.15, 0.2) is 48.6 Å². The van der Waals surface area contributed by atoms with Crippen LogP contribution in [0.25, 0.3) is 0 Å². The number of unbranched alkanes of at least 4 members (excludes halogenated alkanes) is 25. The zero-order valence-electron chi connectivity index (χ0n) is 37.4. The summed E-state index contributed by atoms with van der Waals surface area (Å²) >= 11 is 0. The van der Waals surface area contributed by atoms with Gasteiger partial charge in [-0.2, -0.15) is 0 Å². The van der Waals surface area contributed by atoms with E-state index in [1.54, 1.807) is 0 Å². The largest absolute Gasteiger partial charge is 0.462 e. The van der Waals surface area contributed by atoms with Gasteiger partial charge in [0.2, 0.25) is 0 Å². The number of ether oxygens (including phenoxy) is 3. The summed E-state index contributed by atoms with van der Waals surface area (Å²) < 4.78 is 17.3. The summed E-state index contributed by atoms with van der Waals surface area (Å²) in [5.41, 5.74) is 0. The molecule has 5 nitrogen and oxygen atoms in total. The Morgan fingerprint density at radius 2 is 0.786 bits per heavy atom. The molecule has 1 unspecified atom stereocenters. The quantitative estimate of drug-likeness (QED) is 0.0350. The predicted octanol–water partition coefficient (Wildman–Crippen LogP) is 16.0. The van der Waals surface area contributed by atoms with Crippen LogP contribution in [0, 0.1) is 0 Å². The average molecular weight is 785 g/mol. The number of esters is 2. The molecule has 0 spiro atoms. The van der Waals surface area contributed by atoms with Gasteiger partial charge in [0.15, 0.2) is 6.10 Å². The number of allylic oxidation sites excluding steroid dienone is 8. The molecular formula is C51H92O5. The van der Waals surface area contributed by atoms with E-state index >= 15 is 0 Å². The summed E-state index contributed by atoms with van der Waals surface area (Å²) in [5.74, 6) is -0.414. The Morgan fingerprint density at radius 3 is 1.29 bits per heavy atom. The number of carbonyl (C=O) groups is 2. The van der Waals surface area contributed by atoms with Gasteiger partial charge in [-0.25, -0.2) is 0 Å². The molecular weight excluding hydrogens is 693 g/mol. The highest BCUT2D eigenvalue weighted by Gasteiger charge is 2.17. The van der Waals surface area contributed by atoms with Gasteiger partial charge in [-0.15, -0.1) is 0 Å². The van der Waals surface area contributed by atoms with Crippen molar-refractivity contribution in [2.75, 3.05) is 19.8 Å². The maximum absolute atomic E-state index is 12.7. The van der Waals surface area contributed by atoms with Gasteiger partial charge in [-0.05, 0) is 77.0 Å². The molecule has 0 aromatic carbocycles. The molecule has 326 valence electrons. The highest BCUT2D eigenvalue weighted by molar-refractivity contribution is 5.70. The van der Waals surface area contributed by atoms with Crippen LogP contribution < -0.4 is 0 Å². The van der Waals surface area contributed by atoms with Gasteiger partial charge in [0.1, 0.15) is 6.61 Å². The van der Waals surface area contributed by atoms with E-state index in [1.165, 1.54) is 141 Å². The van der Waals surface area contributed by atoms with Crippen molar-refractivity contribution >= 4 is 11.9 Å². The van der Waals surface area contributed by atoms with E-state index in [0.717, 1.165) is 64.2 Å². The maximum Gasteiger partial charge on any atom is 0.306 e. The molecule has 0 heterocycles. The molecule has 0 saturated carbocycles. The van der Waals surface area contributed by atoms with Crippen molar-refractivity contribution in [1.82, 2.24) is 0 Å². The molecule has 0 N–H and O–H groups in total. The normalized spacial score (nSPS) is 12.6. The van der Waals surface area contributed by atoms with Gasteiger partial charge in [0, 0.05) is 19.4 Å². The zero-order valence-corrected chi connectivity index (χ0v) is 37.4. The first kappa shape index (κ1) is 53.9. The Balaban J connectivity index is 4.20. The molecule has 0 rings (SSSR count). The van der Waals surface area contributed by atoms with Crippen LogP contribution in [0.5, 0.6) is 0 Å². The van der Waals surface area contributed by atoms with Crippen molar-refractivity contribution in [3.8, 4) is 0 Å². The Labute approximate surface area is 348 Å². The van der Waals surface area contributed by atoms with Crippen molar-refractivity contribution in [3.05, 3.63) is 48.6 Å². The van der Waals surface area contributed by atoms with Crippen LogP contribution in [0.4, 0.5) is 0 Å². The summed E-state index contributed by atoms with van der Waals surface area (Å²) in [4.78, 5) is 25.2. The molecule has 0 aromatic heterocycles. The number of hydrogen-bond donors (Lipinski definition) is 0. The van der Waals surface area contributed by atoms with Crippen LogP contribution in [0.1, 0.15) is 239 Å². The van der Waals surface area contributed by atoms with Crippen molar-refractivity contribution < 1.29 is 23.8 Å². The van der Waals surface area contributed by atoms with Gasteiger partial charge < -0.3 is 14.2 Å². The van der Waals surface area contributed by atoms with Crippen LogP contribution in [0.2, 0.25) is 0 Å². The molecule has 0 aromatic rings. The lowest BCUT2D eigenvalue weighted by Gasteiger charge is -2.18. The number of carbonyl (C=O) groups excluding carboxylic acids is 2. The Kier molecular flexibility index (Phi) is 45.4. The zero-order chi connectivity index (χ0) is 40.7. The number of hydrogen-bond acceptors (Lipinski definition) is 5. The fraction of sp³-hybridized carbons (Fsp3) is 0.804. The molecule has 1 atom stereocenters. The lowest BCUT2D eigenvalue weighted by molar-refractivity contribution is -0.163. The first-order valence-corrected chi connectivity index (χ1v) is 24.2. The fourth-order valence-corrected chi connectivity index (χ4v) is 6.69. The predicted molar refractivity (Wildman–Crippen MR) is 242 cm³/mol. The Hall–Kier alpha value is -2.14. The van der Waals surface area contributed by atoms with E-state index in [-0.39, 0.29) is 25.2 Å². The minimum Gasteiger partial charge on any atom is -0.462 e. The van der Waals surface area contributed by atoms with Crippen molar-refractivity contribution in [1.29, 1.82) is 0 Å². The van der Waals surface area contributed by atoms with Crippen molar-refractivity contribution in [2.45, 2.75) is 245 Å². The van der Waals surface area contributed by atoms with Gasteiger partial charge >= 0.3 is 11.9 Å². The summed E-state index contributed by atoms with van der Waals surface area (Å²) in [6, 6.07) is 0. The molecule has 0 saturated heterocycles. The highest BCUT2D eigenvalue weighted by atomic mass is 16.6. The van der Waals surface area contributed by atoms with E-state index in [9.17, 15) is 9.59 Å². The molecule has 0 bridgehead atoms. The van der Waals surface area contributed by atoms with E-state index in [1.807, 2.05) is 0 Å². The van der Waals surface area contributed by atoms with Crippen LogP contribution >= 0.6 is 0 Å². The number of rotatable bonds is 44. The molecule has 0 amide bonds. The smallest absolute Gasteiger partial charge is 0.306 e. The summed E-state index contributed by atoms with van der Waals surface area (Å²) in [7, 11) is 0. The Morgan fingerprint density at radius 1 is 0.393 bits per heavy atom. The fourth-order valence-electron chi connectivity index (χ4n) is 6.69. The molecule has 0 aliphatic rings. The minimum absolute atomic E-state index is 0.0776. The topological polar surface area (TPSA) is 61.8 Å². The molecule has 0 aliphatic heterocycles. The standard InChI is InChI=1S/C51H92O5/c1-4-7-10-13-16-19-21-23-24-25-26-27-29-31-34-37-40-43-46-54-47-49(56-51(53)45-42-39-36-32-18-15-12-9-6-3)48-55-50(52)44-41-38-35-33-30-28-22-20-17-14-11-8-5-2/h11,14,16,19-20,22-24,49H,4-10,12-13,15,17-18,21,25-48H2,1-3H3/b14-11-,19-16-,22-20-,24-23-. The highest BCUT2D eigenvalue weighted by Crippen LogP contribution is 2.14. The van der Waals surface area contributed by atoms with E-state index < -0.39 is 6.10 Å². The van der Waals surface area contributed by atoms with Crippen molar-refractivity contribution in [2.24, 2.45) is 0 Å². The molecule has 0 radical (unpaired) electrons. The van der Waals surface area contributed by atoms with Gasteiger partial charge in [-0.3, -0.25) is 9.59 Å². The van der Waals surface area contributed by atoms with E-state index in [4.69, 9.17) is 14.2 Å². The van der Waals surface area contributed by atoms with Crippen LogP contribution in [-0.4, -0.2) is 37.9 Å². The molecule has 0 aliphatic carbocycles. The van der Waals surface area contributed by atoms with E-state index in [2.05, 4.69) is 69.4 Å². The summed E-state index contributed by atoms with van der Waals surface area (Å²) in [5, 5.41) is 0. The summed E-state index contributed by atoms with van der Waals surface area (Å²) in [6.07, 6.45) is 56.8. The van der Waals surface area contributed by atoms with Crippen LogP contribution in [-0.2, 0) is 23.8 Å². The summed E-state index contributed by atoms with van der Waals surface area (Å²) in [6.45, 7) is 7.71. The lowest BCUT2D eigenvalue weighted by atomic mass is 10.1. The maximum atomic E-state index is 12.7. The second-order valence-electron chi connectivity index (χ2n) is 16.0. The van der Waals surface area contributed by atoms with Crippen LogP contribution in [0.3, 0.4) is 0 Å². The van der Waals surface area contributed by atoms with Gasteiger partial charge in [-0.1, -0.05) is 198 Å². The average Bonchev–Trinajstić information content (AvgIpc) is 3.20. The molecule has 56 heavy (non-hydrogen) atoms. The van der Waals surface area contributed by atoms with Crippen molar-refractivity contribution in [3.63, 3.8) is 0 Å². The Bertz CT molecular complexity index is 935. The molecule has 0 fully saturated rings. The lowest BCUT2D eigenvalue weighted by Crippen LogP contribution is -2.30. The van der Waals surface area contributed by atoms with E-state index in [0.29, 0.717) is 19.4 Å². The third kappa shape index (κ3) is 44.6. The minimum atomic E-state index is -0.540. The third-order valence-electron chi connectivity index (χ3n) is 10.3. The van der Waals surface area contributed by atoms with Gasteiger partial charge in [0.25, 0.3) is 0 Å². The SMILES string of the molecule is CCC/C=C\C/C=C\CCCCCCCC(=O)OCC(COCCCCCCCCCC/C=C\C/C=C\CCCCC)OC(=O)CCCCCCCCCCC. The first-order chi connectivity index (χ1) is 27.6. The molecule has 5 heteroatoms. The second kappa shape index (κ2) is 47.2. The second-order valence-corrected chi connectivity index (χ2v) is 16.0.